The normalized spacial score (nSPS) is 10.0. The van der Waals surface area contributed by atoms with Gasteiger partial charge in [0.2, 0.25) is 5.12 Å². The van der Waals surface area contributed by atoms with Crippen molar-refractivity contribution in [1.29, 1.82) is 0 Å². The molecule has 0 saturated heterocycles. The van der Waals surface area contributed by atoms with Gasteiger partial charge in [-0.2, -0.15) is 0 Å². The van der Waals surface area contributed by atoms with E-state index in [1.54, 1.807) is 0 Å². The van der Waals surface area contributed by atoms with E-state index in [9.17, 15) is 4.79 Å². The summed E-state index contributed by atoms with van der Waals surface area (Å²) < 4.78 is 0. The largest absolute Gasteiger partial charge is 0.323 e. The number of carbonyl (C=O) groups is 1. The van der Waals surface area contributed by atoms with E-state index in [1.807, 2.05) is 13.8 Å². The lowest BCUT2D eigenvalue weighted by Crippen LogP contribution is -2.11. The van der Waals surface area contributed by atoms with Crippen molar-refractivity contribution in [3.63, 3.8) is 0 Å². The number of thioether (sulfide) groups is 1. The van der Waals surface area contributed by atoms with Crippen LogP contribution in [0.1, 0.15) is 13.8 Å². The molecule has 0 unspecified atom stereocenters. The number of hydrogen-bond donors (Lipinski definition) is 1. The highest BCUT2D eigenvalue weighted by Gasteiger charge is 2.00. The van der Waals surface area contributed by atoms with E-state index in [2.05, 4.69) is 0 Å². The maximum Gasteiger partial charge on any atom is 0.202 e. The van der Waals surface area contributed by atoms with E-state index in [4.69, 9.17) is 5.73 Å². The molecule has 0 aliphatic carbocycles. The fourth-order valence-corrected chi connectivity index (χ4v) is 0.933. The van der Waals surface area contributed by atoms with Crippen LogP contribution >= 0.6 is 11.8 Å². The van der Waals surface area contributed by atoms with Gasteiger partial charge in [0.05, 0.1) is 6.54 Å². The number of rotatable bonds is 2. The fraction of sp³-hybridized carbons (Fsp3) is 0.800. The number of carbonyl (C=O) groups excluding carboxylic acids is 1. The molecule has 0 bridgehead atoms. The fourth-order valence-electron chi connectivity index (χ4n) is 0.311. The quantitative estimate of drug-likeness (QED) is 0.600. The van der Waals surface area contributed by atoms with Crippen molar-refractivity contribution >= 4 is 16.9 Å². The highest BCUT2D eigenvalue weighted by atomic mass is 32.2. The summed E-state index contributed by atoms with van der Waals surface area (Å²) >= 11 is 1.29. The van der Waals surface area contributed by atoms with Crippen LogP contribution in [0.2, 0.25) is 0 Å². The lowest BCUT2D eigenvalue weighted by molar-refractivity contribution is -0.109. The third-order valence-corrected chi connectivity index (χ3v) is 1.43. The zero-order valence-electron chi connectivity index (χ0n) is 5.18. The highest BCUT2D eigenvalue weighted by Crippen LogP contribution is 2.08. The molecule has 0 spiro atoms. The Hall–Kier alpha value is -0.0200. The molecule has 8 heavy (non-hydrogen) atoms. The standard InChI is InChI=1S/C5H11NOS/c1-4(2)8-5(7)3-6/h4H,3,6H2,1-2H3. The van der Waals surface area contributed by atoms with Crippen molar-refractivity contribution < 1.29 is 4.79 Å². The van der Waals surface area contributed by atoms with Crippen LogP contribution < -0.4 is 5.73 Å². The van der Waals surface area contributed by atoms with E-state index >= 15 is 0 Å². The van der Waals surface area contributed by atoms with Crippen LogP contribution in [0.25, 0.3) is 0 Å². The Bertz CT molecular complexity index is 82.5. The first-order valence-electron chi connectivity index (χ1n) is 2.56. The van der Waals surface area contributed by atoms with E-state index in [-0.39, 0.29) is 11.7 Å². The summed E-state index contributed by atoms with van der Waals surface area (Å²) in [4.78, 5) is 10.5. The Morgan fingerprint density at radius 2 is 2.25 bits per heavy atom. The Morgan fingerprint density at radius 3 is 2.38 bits per heavy atom. The molecular formula is C5H11NOS. The summed E-state index contributed by atoms with van der Waals surface area (Å²) in [6.45, 7) is 4.10. The average molecular weight is 133 g/mol. The third kappa shape index (κ3) is 4.15. The molecule has 0 radical (unpaired) electrons. The molecule has 0 heterocycles. The van der Waals surface area contributed by atoms with Gasteiger partial charge in [-0.15, -0.1) is 0 Å². The minimum Gasteiger partial charge on any atom is -0.323 e. The van der Waals surface area contributed by atoms with Crippen molar-refractivity contribution in [1.82, 2.24) is 0 Å². The van der Waals surface area contributed by atoms with Gasteiger partial charge in [0.15, 0.2) is 0 Å². The topological polar surface area (TPSA) is 43.1 Å². The Labute approximate surface area is 53.8 Å². The molecule has 0 aromatic heterocycles. The Morgan fingerprint density at radius 1 is 1.75 bits per heavy atom. The van der Waals surface area contributed by atoms with Crippen molar-refractivity contribution in [2.75, 3.05) is 6.54 Å². The maximum atomic E-state index is 10.5. The van der Waals surface area contributed by atoms with Gasteiger partial charge in [-0.05, 0) is 0 Å². The van der Waals surface area contributed by atoms with Crippen LogP contribution in [-0.4, -0.2) is 16.9 Å². The monoisotopic (exact) mass is 133 g/mol. The Kier molecular flexibility index (Phi) is 3.91. The van der Waals surface area contributed by atoms with Crippen LogP contribution in [0.3, 0.4) is 0 Å². The van der Waals surface area contributed by atoms with Crippen LogP contribution in [0.5, 0.6) is 0 Å². The summed E-state index contributed by atoms with van der Waals surface area (Å²) in [5.41, 5.74) is 5.05. The van der Waals surface area contributed by atoms with Gasteiger partial charge in [-0.1, -0.05) is 25.6 Å². The molecule has 0 amide bonds. The molecule has 0 fully saturated rings. The van der Waals surface area contributed by atoms with Crippen molar-refractivity contribution in [3.8, 4) is 0 Å². The maximum absolute atomic E-state index is 10.5. The van der Waals surface area contributed by atoms with Gasteiger partial charge in [0.25, 0.3) is 0 Å². The summed E-state index contributed by atoms with van der Waals surface area (Å²) in [5.74, 6) is 0. The van der Waals surface area contributed by atoms with Crippen LogP contribution in [0.4, 0.5) is 0 Å². The molecule has 0 atom stereocenters. The van der Waals surface area contributed by atoms with Gasteiger partial charge in [0, 0.05) is 5.25 Å². The van der Waals surface area contributed by atoms with Crippen molar-refractivity contribution in [3.05, 3.63) is 0 Å². The van der Waals surface area contributed by atoms with Gasteiger partial charge in [-0.3, -0.25) is 4.79 Å². The van der Waals surface area contributed by atoms with E-state index < -0.39 is 0 Å². The molecule has 0 aromatic carbocycles. The minimum absolute atomic E-state index is 0.0694. The van der Waals surface area contributed by atoms with Crippen molar-refractivity contribution in [2.24, 2.45) is 5.73 Å². The minimum atomic E-state index is 0.0694. The second kappa shape index (κ2) is 3.92. The van der Waals surface area contributed by atoms with Crippen LogP contribution in [0.15, 0.2) is 0 Å². The lowest BCUT2D eigenvalue weighted by atomic mass is 10.6. The second-order valence-electron chi connectivity index (χ2n) is 1.74. The molecule has 0 saturated carbocycles. The molecule has 2 nitrogen and oxygen atoms in total. The molecule has 0 aliphatic heterocycles. The predicted octanol–water partition coefficient (Wildman–Crippen LogP) is 0.613. The third-order valence-electron chi connectivity index (χ3n) is 0.534. The van der Waals surface area contributed by atoms with E-state index in [0.29, 0.717) is 5.25 Å². The van der Waals surface area contributed by atoms with Gasteiger partial charge in [0.1, 0.15) is 0 Å². The van der Waals surface area contributed by atoms with E-state index in [1.165, 1.54) is 11.8 Å². The first-order chi connectivity index (χ1) is 3.66. The molecule has 2 N–H and O–H groups in total. The average Bonchev–Trinajstić information content (AvgIpc) is 1.65. The smallest absolute Gasteiger partial charge is 0.202 e. The van der Waals surface area contributed by atoms with E-state index in [0.717, 1.165) is 0 Å². The number of hydrogen-bond acceptors (Lipinski definition) is 3. The van der Waals surface area contributed by atoms with Gasteiger partial charge >= 0.3 is 0 Å². The first-order valence-corrected chi connectivity index (χ1v) is 3.44. The van der Waals surface area contributed by atoms with Gasteiger partial charge in [-0.25, -0.2) is 0 Å². The lowest BCUT2D eigenvalue weighted by Gasteiger charge is -1.98. The molecule has 0 aromatic rings. The molecule has 48 valence electrons. The zero-order valence-corrected chi connectivity index (χ0v) is 5.99. The predicted molar refractivity (Wildman–Crippen MR) is 36.8 cm³/mol. The summed E-state index contributed by atoms with van der Waals surface area (Å²) in [5, 5.41) is 0.436. The molecular weight excluding hydrogens is 122 g/mol. The van der Waals surface area contributed by atoms with Gasteiger partial charge < -0.3 is 5.73 Å². The van der Waals surface area contributed by atoms with Crippen LogP contribution in [0, 0.1) is 0 Å². The summed E-state index contributed by atoms with van der Waals surface area (Å²) in [6.07, 6.45) is 0. The second-order valence-corrected chi connectivity index (χ2v) is 3.38. The zero-order chi connectivity index (χ0) is 6.57. The summed E-state index contributed by atoms with van der Waals surface area (Å²) in [6, 6.07) is 0. The number of nitrogens with two attached hydrogens (primary N) is 1. The molecule has 0 rings (SSSR count). The highest BCUT2D eigenvalue weighted by molar-refractivity contribution is 8.14. The molecule has 3 heteroatoms. The Balaban J connectivity index is 3.25. The summed E-state index contributed by atoms with van der Waals surface area (Å²) in [7, 11) is 0. The van der Waals surface area contributed by atoms with Crippen molar-refractivity contribution in [2.45, 2.75) is 19.1 Å². The first kappa shape index (κ1) is 7.98. The van der Waals surface area contributed by atoms with Crippen LogP contribution in [-0.2, 0) is 4.79 Å². The molecule has 0 aliphatic rings. The SMILES string of the molecule is CC(C)SC(=O)CN.